The molecule has 5 nitrogen and oxygen atoms in total. The van der Waals surface area contributed by atoms with Gasteiger partial charge in [0.1, 0.15) is 0 Å². The van der Waals surface area contributed by atoms with E-state index in [2.05, 4.69) is 37.7 Å². The zero-order chi connectivity index (χ0) is 15.6. The van der Waals surface area contributed by atoms with Crippen molar-refractivity contribution in [2.75, 3.05) is 33.2 Å². The van der Waals surface area contributed by atoms with Gasteiger partial charge < -0.3 is 5.32 Å². The molecule has 0 unspecified atom stereocenters. The monoisotopic (exact) mass is 307 g/mol. The third kappa shape index (κ3) is 9.69. The van der Waals surface area contributed by atoms with E-state index < -0.39 is 10.2 Å². The van der Waals surface area contributed by atoms with Gasteiger partial charge in [0, 0.05) is 19.6 Å². The van der Waals surface area contributed by atoms with Crippen molar-refractivity contribution in [1.82, 2.24) is 14.3 Å². The van der Waals surface area contributed by atoms with Crippen LogP contribution in [-0.4, -0.2) is 45.9 Å². The maximum atomic E-state index is 12.3. The van der Waals surface area contributed by atoms with E-state index in [1.807, 2.05) is 7.05 Å². The first-order chi connectivity index (χ1) is 9.29. The molecular weight excluding hydrogens is 274 g/mol. The molecule has 0 aliphatic heterocycles. The molecule has 6 heteroatoms. The zero-order valence-electron chi connectivity index (χ0n) is 13.8. The Morgan fingerprint density at radius 3 is 1.85 bits per heavy atom. The highest BCUT2D eigenvalue weighted by atomic mass is 32.2. The largest absolute Gasteiger partial charge is 0.320 e. The van der Waals surface area contributed by atoms with Crippen molar-refractivity contribution in [3.8, 4) is 0 Å². The molecule has 0 saturated carbocycles. The average Bonchev–Trinajstić information content (AvgIpc) is 2.33. The second-order valence-corrected chi connectivity index (χ2v) is 7.88. The lowest BCUT2D eigenvalue weighted by molar-refractivity contribution is 0.352. The van der Waals surface area contributed by atoms with Crippen LogP contribution < -0.4 is 10.0 Å². The summed E-state index contributed by atoms with van der Waals surface area (Å²) in [7, 11) is -1.47. The summed E-state index contributed by atoms with van der Waals surface area (Å²) >= 11 is 0. The average molecular weight is 308 g/mol. The summed E-state index contributed by atoms with van der Waals surface area (Å²) in [4.78, 5) is 0. The molecule has 0 heterocycles. The summed E-state index contributed by atoms with van der Waals surface area (Å²) in [5, 5.41) is 3.01. The fourth-order valence-electron chi connectivity index (χ4n) is 1.71. The van der Waals surface area contributed by atoms with Crippen molar-refractivity contribution in [3.05, 3.63) is 0 Å². The van der Waals surface area contributed by atoms with Gasteiger partial charge in [0.15, 0.2) is 0 Å². The molecule has 0 bridgehead atoms. The third-order valence-corrected chi connectivity index (χ3v) is 4.75. The van der Waals surface area contributed by atoms with E-state index in [1.165, 1.54) is 0 Å². The van der Waals surface area contributed by atoms with Gasteiger partial charge >= 0.3 is 0 Å². The van der Waals surface area contributed by atoms with Gasteiger partial charge in [-0.25, -0.2) is 4.72 Å². The Hall–Kier alpha value is -0.170. The summed E-state index contributed by atoms with van der Waals surface area (Å²) in [5.74, 6) is 1.02. The van der Waals surface area contributed by atoms with E-state index >= 15 is 0 Å². The predicted molar refractivity (Wildman–Crippen MR) is 85.9 cm³/mol. The summed E-state index contributed by atoms with van der Waals surface area (Å²) in [5.41, 5.74) is 0. The first-order valence-corrected chi connectivity index (χ1v) is 9.13. The lowest BCUT2D eigenvalue weighted by atomic mass is 10.1. The van der Waals surface area contributed by atoms with Crippen LogP contribution in [0.25, 0.3) is 0 Å². The standard InChI is InChI=1S/C14H33N3O2S/c1-13(2)7-11-17(12-8-14(3)4)20(18,19)16-10-6-9-15-5/h13-16H,6-12H2,1-5H3. The maximum Gasteiger partial charge on any atom is 0.279 e. The van der Waals surface area contributed by atoms with Gasteiger partial charge in [-0.05, 0) is 44.7 Å². The van der Waals surface area contributed by atoms with Gasteiger partial charge in [-0.2, -0.15) is 12.7 Å². The van der Waals surface area contributed by atoms with Crippen LogP contribution >= 0.6 is 0 Å². The Balaban J connectivity index is 4.45. The van der Waals surface area contributed by atoms with E-state index in [-0.39, 0.29) is 0 Å². The topological polar surface area (TPSA) is 61.4 Å². The molecule has 20 heavy (non-hydrogen) atoms. The van der Waals surface area contributed by atoms with Gasteiger partial charge in [0.2, 0.25) is 0 Å². The second-order valence-electron chi connectivity index (χ2n) is 6.12. The molecule has 0 rings (SSSR count). The number of hydrogen-bond acceptors (Lipinski definition) is 3. The predicted octanol–water partition coefficient (Wildman–Crippen LogP) is 1.82. The van der Waals surface area contributed by atoms with Gasteiger partial charge in [-0.3, -0.25) is 0 Å². The summed E-state index contributed by atoms with van der Waals surface area (Å²) < 4.78 is 28.9. The van der Waals surface area contributed by atoms with Crippen LogP contribution in [0.4, 0.5) is 0 Å². The van der Waals surface area contributed by atoms with E-state index in [9.17, 15) is 8.42 Å². The van der Waals surface area contributed by atoms with Crippen LogP contribution in [0.3, 0.4) is 0 Å². The van der Waals surface area contributed by atoms with Crippen molar-refractivity contribution < 1.29 is 8.42 Å². The molecule has 0 fully saturated rings. The molecule has 0 saturated heterocycles. The van der Waals surface area contributed by atoms with Crippen LogP contribution in [0.5, 0.6) is 0 Å². The smallest absolute Gasteiger partial charge is 0.279 e. The molecule has 0 spiro atoms. The van der Waals surface area contributed by atoms with Crippen molar-refractivity contribution in [3.63, 3.8) is 0 Å². The number of rotatable bonds is 12. The first-order valence-electron chi connectivity index (χ1n) is 7.69. The lowest BCUT2D eigenvalue weighted by Gasteiger charge is -2.24. The minimum Gasteiger partial charge on any atom is -0.320 e. The Morgan fingerprint density at radius 1 is 0.950 bits per heavy atom. The third-order valence-electron chi connectivity index (χ3n) is 3.14. The van der Waals surface area contributed by atoms with Crippen LogP contribution in [-0.2, 0) is 10.2 Å². The van der Waals surface area contributed by atoms with Gasteiger partial charge in [0.25, 0.3) is 10.2 Å². The molecular formula is C14H33N3O2S. The normalized spacial score (nSPS) is 12.8. The van der Waals surface area contributed by atoms with Crippen molar-refractivity contribution in [1.29, 1.82) is 0 Å². The molecule has 0 radical (unpaired) electrons. The van der Waals surface area contributed by atoms with E-state index in [4.69, 9.17) is 0 Å². The van der Waals surface area contributed by atoms with Crippen LogP contribution in [0.1, 0.15) is 47.0 Å². The Labute approximate surface area is 125 Å². The SMILES string of the molecule is CNCCCNS(=O)(=O)N(CCC(C)C)CCC(C)C. The molecule has 0 amide bonds. The minimum atomic E-state index is -3.34. The molecule has 0 aromatic carbocycles. The minimum absolute atomic E-state index is 0.489. The number of hydrogen-bond donors (Lipinski definition) is 2. The van der Waals surface area contributed by atoms with Crippen LogP contribution in [0.15, 0.2) is 0 Å². The van der Waals surface area contributed by atoms with Crippen molar-refractivity contribution >= 4 is 10.2 Å². The fraction of sp³-hybridized carbons (Fsp3) is 1.00. The zero-order valence-corrected chi connectivity index (χ0v) is 14.6. The van der Waals surface area contributed by atoms with Crippen LogP contribution in [0, 0.1) is 11.8 Å². The highest BCUT2D eigenvalue weighted by molar-refractivity contribution is 7.87. The molecule has 0 aromatic heterocycles. The molecule has 0 atom stereocenters. The molecule has 2 N–H and O–H groups in total. The van der Waals surface area contributed by atoms with Gasteiger partial charge in [-0.1, -0.05) is 27.7 Å². The van der Waals surface area contributed by atoms with Gasteiger partial charge in [0.05, 0.1) is 0 Å². The molecule has 0 aromatic rings. The second kappa shape index (κ2) is 10.5. The van der Waals surface area contributed by atoms with Crippen molar-refractivity contribution in [2.24, 2.45) is 11.8 Å². The number of nitrogens with one attached hydrogen (secondary N) is 2. The Kier molecular flexibility index (Phi) is 10.5. The highest BCUT2D eigenvalue weighted by Crippen LogP contribution is 2.09. The Morgan fingerprint density at radius 2 is 1.45 bits per heavy atom. The molecule has 0 aliphatic carbocycles. The number of nitrogens with zero attached hydrogens (tertiary/aromatic N) is 1. The molecule has 122 valence electrons. The lowest BCUT2D eigenvalue weighted by Crippen LogP contribution is -2.43. The van der Waals surface area contributed by atoms with E-state index in [0.29, 0.717) is 31.5 Å². The summed E-state index contributed by atoms with van der Waals surface area (Å²) in [6, 6.07) is 0. The van der Waals surface area contributed by atoms with Gasteiger partial charge in [-0.15, -0.1) is 0 Å². The van der Waals surface area contributed by atoms with Crippen molar-refractivity contribution in [2.45, 2.75) is 47.0 Å². The molecule has 0 aliphatic rings. The first kappa shape index (κ1) is 19.8. The summed E-state index contributed by atoms with van der Waals surface area (Å²) in [6.07, 6.45) is 2.60. The maximum absolute atomic E-state index is 12.3. The van der Waals surface area contributed by atoms with E-state index in [0.717, 1.165) is 25.8 Å². The van der Waals surface area contributed by atoms with E-state index in [1.54, 1.807) is 4.31 Å². The fourth-order valence-corrected chi connectivity index (χ4v) is 2.99. The van der Waals surface area contributed by atoms with Crippen LogP contribution in [0.2, 0.25) is 0 Å². The Bertz CT molecular complexity index is 317. The summed E-state index contributed by atoms with van der Waals surface area (Å²) in [6.45, 7) is 11.0. The quantitative estimate of drug-likeness (QED) is 0.541. The highest BCUT2D eigenvalue weighted by Gasteiger charge is 2.21.